The van der Waals surface area contributed by atoms with E-state index in [2.05, 4.69) is 259 Å². The fourth-order valence-corrected chi connectivity index (χ4v) is 7.63. The molecule has 0 bridgehead atoms. The molecule has 0 fully saturated rings. The van der Waals surface area contributed by atoms with Crippen molar-refractivity contribution in [2.24, 2.45) is 0 Å². The van der Waals surface area contributed by atoms with Crippen LogP contribution in [0.5, 0.6) is 0 Å². The quantitative estimate of drug-likeness (QED) is 0.167. The molecule has 0 atom stereocenters. The Kier molecular flexibility index (Phi) is 16.8. The summed E-state index contributed by atoms with van der Waals surface area (Å²) in [6, 6.07) is 70.0. The van der Waals surface area contributed by atoms with Crippen molar-refractivity contribution >= 4 is 25.8 Å². The molecule has 3 nitrogen and oxygen atoms in total. The van der Waals surface area contributed by atoms with Crippen LogP contribution in [-0.4, -0.2) is 40.8 Å². The van der Waals surface area contributed by atoms with Gasteiger partial charge in [-0.05, 0) is 121 Å². The van der Waals surface area contributed by atoms with Crippen LogP contribution in [-0.2, 0) is 16.2 Å². The molecule has 67 heavy (non-hydrogen) atoms. The van der Waals surface area contributed by atoms with Gasteiger partial charge in [0.1, 0.15) is 0 Å². The van der Waals surface area contributed by atoms with Crippen LogP contribution in [0.3, 0.4) is 0 Å². The molecule has 9 aromatic rings. The number of hydrogen-bond acceptors (Lipinski definition) is 3. The molecule has 0 N–H and O–H groups in total. The molecule has 0 saturated heterocycles. The Morgan fingerprint density at radius 3 is 0.701 bits per heavy atom. The van der Waals surface area contributed by atoms with Gasteiger partial charge in [-0.15, -0.1) is 0 Å². The molecule has 3 aromatic heterocycles. The molecule has 9 rings (SSSR count). The summed E-state index contributed by atoms with van der Waals surface area (Å²) < 4.78 is 0. The van der Waals surface area contributed by atoms with Gasteiger partial charge < -0.3 is 0 Å². The summed E-state index contributed by atoms with van der Waals surface area (Å²) in [6.07, 6.45) is 5.72. The predicted octanol–water partition coefficient (Wildman–Crippen LogP) is 16.0. The van der Waals surface area contributed by atoms with E-state index in [4.69, 9.17) is 0 Å². The number of aromatic nitrogens is 3. The molecule has 3 heterocycles. The summed E-state index contributed by atoms with van der Waals surface area (Å²) in [7, 11) is 0. The first-order valence-electron chi connectivity index (χ1n) is 23.0. The molecule has 0 radical (unpaired) electrons. The molecular weight excluding hydrogens is 914 g/mol. The molecule has 0 amide bonds. The maximum atomic E-state index is 4.56. The molecule has 0 unspecified atom stereocenters. The summed E-state index contributed by atoms with van der Waals surface area (Å²) >= 11 is 0. The third-order valence-electron chi connectivity index (χ3n) is 11.7. The van der Waals surface area contributed by atoms with E-state index in [1.54, 1.807) is 0 Å². The third-order valence-corrected chi connectivity index (χ3v) is 11.7. The zero-order valence-corrected chi connectivity index (χ0v) is 40.1. The maximum absolute atomic E-state index is 4.56. The van der Waals surface area contributed by atoms with Crippen LogP contribution in [0.4, 0.5) is 0 Å². The van der Waals surface area contributed by atoms with Gasteiger partial charge in [-0.25, -0.2) is 0 Å². The van der Waals surface area contributed by atoms with Crippen molar-refractivity contribution in [1.82, 2.24) is 15.0 Å². The first-order valence-corrected chi connectivity index (χ1v) is 23.0. The van der Waals surface area contributed by atoms with Gasteiger partial charge in [0.25, 0.3) is 0 Å². The first-order chi connectivity index (χ1) is 31.6. The second-order valence-electron chi connectivity index (χ2n) is 19.9. The Balaban J connectivity index is 0.000000165. The molecule has 0 spiro atoms. The van der Waals surface area contributed by atoms with Gasteiger partial charge in [0.15, 0.2) is 0 Å². The molecule has 4 heteroatoms. The second kappa shape index (κ2) is 22.4. The average Bonchev–Trinajstić information content (AvgIpc) is 3.35. The topological polar surface area (TPSA) is 38.7 Å². The fraction of sp³-hybridized carbons (Fsp3) is 0.190. The van der Waals surface area contributed by atoms with Gasteiger partial charge in [-0.2, -0.15) is 0 Å². The van der Waals surface area contributed by atoms with Crippen LogP contribution in [0.15, 0.2) is 219 Å². The first kappa shape index (κ1) is 50.1. The average molecular weight is 980 g/mol. The molecule has 0 saturated carbocycles. The van der Waals surface area contributed by atoms with E-state index in [9.17, 15) is 0 Å². The van der Waals surface area contributed by atoms with Gasteiger partial charge in [0.05, 0.1) is 17.1 Å². The van der Waals surface area contributed by atoms with Gasteiger partial charge >= 0.3 is 25.8 Å². The van der Waals surface area contributed by atoms with E-state index in [1.165, 1.54) is 50.1 Å². The van der Waals surface area contributed by atoms with Gasteiger partial charge in [0.2, 0.25) is 0 Å². The van der Waals surface area contributed by atoms with Crippen LogP contribution in [0.2, 0.25) is 0 Å². The Morgan fingerprint density at radius 1 is 0.239 bits per heavy atom. The summed E-state index contributed by atoms with van der Waals surface area (Å²) in [6.45, 7) is 20.1. The Morgan fingerprint density at radius 2 is 0.463 bits per heavy atom. The van der Waals surface area contributed by atoms with Crippen molar-refractivity contribution in [1.29, 1.82) is 0 Å². The van der Waals surface area contributed by atoms with Crippen molar-refractivity contribution in [2.75, 3.05) is 0 Å². The SMILES string of the molecule is CC(C)(C)c1ccnc(-c2cccc(-c3ccccc3)c2)c1.CC(C)(C)c1ccnc(-c2cccc(-c3ccccc3)c2)c1.CC(C)(C)c1ccnc(-c2cccc(-c3ccccc3)c2)c1.[InH3]. The number of rotatable bonds is 6. The van der Waals surface area contributed by atoms with E-state index < -0.39 is 0 Å². The number of nitrogens with zero attached hydrogens (tertiary/aromatic N) is 3. The number of pyridine rings is 3. The molecule has 0 aliphatic rings. The number of benzene rings is 6. The van der Waals surface area contributed by atoms with E-state index in [0.717, 1.165) is 33.8 Å². The van der Waals surface area contributed by atoms with Crippen LogP contribution in [0, 0.1) is 0 Å². The minimum absolute atomic E-state index is 0. The Hall–Kier alpha value is -6.36. The standard InChI is InChI=1S/3C21H21N.In.3H/c3*1-21(2,3)19-12-13-22-20(15-19)18-11-7-10-17(14-18)16-8-5-4-6-9-16;;;;/h3*4-15H,1-3H3;;;;. The second-order valence-corrected chi connectivity index (χ2v) is 19.9. The summed E-state index contributed by atoms with van der Waals surface area (Å²) in [5.74, 6) is 0. The van der Waals surface area contributed by atoms with Crippen LogP contribution in [0.25, 0.3) is 67.2 Å². The summed E-state index contributed by atoms with van der Waals surface area (Å²) in [4.78, 5) is 13.7. The van der Waals surface area contributed by atoms with E-state index in [0.29, 0.717) is 0 Å². The van der Waals surface area contributed by atoms with Crippen molar-refractivity contribution in [3.8, 4) is 67.2 Å². The normalized spacial score (nSPS) is 11.2. The summed E-state index contributed by atoms with van der Waals surface area (Å²) in [5.41, 5.74) is 18.3. The van der Waals surface area contributed by atoms with E-state index in [-0.39, 0.29) is 42.1 Å². The fourth-order valence-electron chi connectivity index (χ4n) is 7.63. The zero-order valence-electron chi connectivity index (χ0n) is 40.1. The van der Waals surface area contributed by atoms with Gasteiger partial charge in [-0.3, -0.25) is 15.0 Å². The van der Waals surface area contributed by atoms with E-state index in [1.807, 2.05) is 36.8 Å². The van der Waals surface area contributed by atoms with Crippen LogP contribution < -0.4 is 0 Å². The van der Waals surface area contributed by atoms with Crippen LogP contribution in [0.1, 0.15) is 79.0 Å². The van der Waals surface area contributed by atoms with Crippen molar-refractivity contribution in [3.63, 3.8) is 0 Å². The van der Waals surface area contributed by atoms with Crippen molar-refractivity contribution in [3.05, 3.63) is 235 Å². The van der Waals surface area contributed by atoms with E-state index >= 15 is 0 Å². The molecule has 0 aliphatic carbocycles. The Bertz CT molecular complexity index is 2630. The third kappa shape index (κ3) is 13.8. The minimum atomic E-state index is 0. The van der Waals surface area contributed by atoms with Gasteiger partial charge in [0, 0.05) is 35.3 Å². The number of hydrogen-bond donors (Lipinski definition) is 0. The zero-order chi connectivity index (χ0) is 46.7. The van der Waals surface area contributed by atoms with Crippen molar-refractivity contribution in [2.45, 2.75) is 78.6 Å². The molecule has 6 aromatic carbocycles. The monoisotopic (exact) mass is 979 g/mol. The van der Waals surface area contributed by atoms with Crippen molar-refractivity contribution < 1.29 is 0 Å². The summed E-state index contributed by atoms with van der Waals surface area (Å²) in [5, 5.41) is 0. The molecular formula is C63H66InN3. The molecule has 336 valence electrons. The van der Waals surface area contributed by atoms with Crippen LogP contribution >= 0.6 is 0 Å². The Labute approximate surface area is 419 Å². The molecule has 0 aliphatic heterocycles. The van der Waals surface area contributed by atoms with Gasteiger partial charge in [-0.1, -0.05) is 208 Å². The predicted molar refractivity (Wildman–Crippen MR) is 291 cm³/mol.